The average Bonchev–Trinajstić information content (AvgIpc) is 3.27. The molecule has 0 aromatic carbocycles. The minimum atomic E-state index is -0.320. The maximum atomic E-state index is 12.9. The standard InChI is InChI=1S/C23H34N4O2/c1-15(27-8-4-6-20(27)19-5-3-7-26(19)2)21(28)24-22(29)25-23-12-16-9-17(13-23)11-18(10-16)14-23/h3,5,7,15-18,20H,4,6,8-14H2,1-2H3,(H2,24,25,28,29)/t15-,16?,17?,18?,20+,23?/m0/s1. The van der Waals surface area contributed by atoms with Crippen molar-refractivity contribution in [2.45, 2.75) is 75.9 Å². The number of rotatable bonds is 4. The number of urea groups is 1. The van der Waals surface area contributed by atoms with Crippen LogP contribution in [0.1, 0.15) is 70.0 Å². The van der Waals surface area contributed by atoms with Crippen LogP contribution < -0.4 is 10.6 Å². The first-order valence-electron chi connectivity index (χ1n) is 11.4. The van der Waals surface area contributed by atoms with Crippen molar-refractivity contribution in [3.8, 4) is 0 Å². The Labute approximate surface area is 173 Å². The largest absolute Gasteiger partial charge is 0.353 e. The van der Waals surface area contributed by atoms with E-state index in [0.717, 1.165) is 56.4 Å². The van der Waals surface area contributed by atoms with Crippen LogP contribution in [0.15, 0.2) is 18.3 Å². The number of nitrogens with one attached hydrogen (secondary N) is 2. The van der Waals surface area contributed by atoms with Crippen molar-refractivity contribution in [2.75, 3.05) is 6.54 Å². The third kappa shape index (κ3) is 3.49. The maximum absolute atomic E-state index is 12.9. The van der Waals surface area contributed by atoms with Crippen LogP contribution in [-0.4, -0.2) is 39.5 Å². The Kier molecular flexibility index (Phi) is 4.72. The predicted molar refractivity (Wildman–Crippen MR) is 111 cm³/mol. The van der Waals surface area contributed by atoms with E-state index < -0.39 is 0 Å². The molecule has 6 nitrogen and oxygen atoms in total. The molecule has 2 atom stereocenters. The fourth-order valence-electron chi connectivity index (χ4n) is 7.29. The van der Waals surface area contributed by atoms with E-state index in [-0.39, 0.29) is 29.6 Å². The van der Waals surface area contributed by atoms with E-state index in [4.69, 9.17) is 0 Å². The van der Waals surface area contributed by atoms with Crippen molar-refractivity contribution in [2.24, 2.45) is 24.8 Å². The number of amides is 3. The summed E-state index contributed by atoms with van der Waals surface area (Å²) in [6, 6.07) is 3.81. The predicted octanol–water partition coefficient (Wildman–Crippen LogP) is 3.35. The smallest absolute Gasteiger partial charge is 0.321 e. The number of carbonyl (C=O) groups is 2. The van der Waals surface area contributed by atoms with E-state index in [1.54, 1.807) is 0 Å². The number of nitrogens with zero attached hydrogens (tertiary/aromatic N) is 2. The first-order chi connectivity index (χ1) is 13.9. The van der Waals surface area contributed by atoms with Crippen LogP contribution >= 0.6 is 0 Å². The highest BCUT2D eigenvalue weighted by Crippen LogP contribution is 2.55. The summed E-state index contributed by atoms with van der Waals surface area (Å²) in [5, 5.41) is 5.93. The van der Waals surface area contributed by atoms with Crippen molar-refractivity contribution in [1.29, 1.82) is 0 Å². The molecule has 5 aliphatic rings. The first-order valence-corrected chi connectivity index (χ1v) is 11.4. The molecule has 4 saturated carbocycles. The number of hydrogen-bond acceptors (Lipinski definition) is 3. The van der Waals surface area contributed by atoms with Crippen molar-refractivity contribution < 1.29 is 9.59 Å². The Morgan fingerprint density at radius 1 is 1.14 bits per heavy atom. The molecule has 1 saturated heterocycles. The fourth-order valence-corrected chi connectivity index (χ4v) is 7.29. The van der Waals surface area contributed by atoms with Crippen LogP contribution in [0.4, 0.5) is 4.79 Å². The van der Waals surface area contributed by atoms with E-state index in [2.05, 4.69) is 45.5 Å². The van der Waals surface area contributed by atoms with Gasteiger partial charge in [0.05, 0.1) is 12.1 Å². The summed E-state index contributed by atoms with van der Waals surface area (Å²) < 4.78 is 2.13. The van der Waals surface area contributed by atoms with Crippen molar-refractivity contribution in [3.63, 3.8) is 0 Å². The second-order valence-electron chi connectivity index (χ2n) is 10.3. The third-order valence-electron chi connectivity index (χ3n) is 8.15. The highest BCUT2D eigenvalue weighted by molar-refractivity contribution is 5.97. The van der Waals surface area contributed by atoms with Gasteiger partial charge in [0.2, 0.25) is 5.91 Å². The SMILES string of the molecule is C[C@@H](C(=O)NC(=O)NC12CC3CC(CC(C3)C1)C2)N1CCC[C@@H]1c1cccn1C. The number of carbonyl (C=O) groups excluding carboxylic acids is 2. The molecule has 2 heterocycles. The average molecular weight is 399 g/mol. The Balaban J connectivity index is 1.21. The van der Waals surface area contributed by atoms with E-state index in [1.807, 2.05) is 6.92 Å². The molecule has 1 aromatic heterocycles. The second kappa shape index (κ2) is 7.15. The molecule has 29 heavy (non-hydrogen) atoms. The Hall–Kier alpha value is -1.82. The van der Waals surface area contributed by atoms with E-state index in [9.17, 15) is 9.59 Å². The van der Waals surface area contributed by atoms with Gasteiger partial charge in [-0.05, 0) is 94.7 Å². The molecule has 4 bridgehead atoms. The van der Waals surface area contributed by atoms with Crippen LogP contribution in [0.2, 0.25) is 0 Å². The van der Waals surface area contributed by atoms with E-state index in [0.29, 0.717) is 0 Å². The summed E-state index contributed by atoms with van der Waals surface area (Å²) in [7, 11) is 2.05. The molecule has 5 fully saturated rings. The minimum Gasteiger partial charge on any atom is -0.353 e. The minimum absolute atomic E-state index is 0.0679. The second-order valence-corrected chi connectivity index (χ2v) is 10.3. The lowest BCUT2D eigenvalue weighted by Crippen LogP contribution is -2.62. The number of hydrogen-bond donors (Lipinski definition) is 2. The van der Waals surface area contributed by atoms with Gasteiger partial charge in [-0.3, -0.25) is 15.0 Å². The summed E-state index contributed by atoms with van der Waals surface area (Å²) in [5.74, 6) is 2.12. The zero-order chi connectivity index (χ0) is 20.2. The highest BCUT2D eigenvalue weighted by atomic mass is 16.2. The van der Waals surface area contributed by atoms with Gasteiger partial charge < -0.3 is 9.88 Å². The number of aryl methyl sites for hydroxylation is 1. The van der Waals surface area contributed by atoms with Crippen LogP contribution in [-0.2, 0) is 11.8 Å². The molecule has 0 spiro atoms. The molecule has 6 heteroatoms. The first kappa shape index (κ1) is 19.2. The van der Waals surface area contributed by atoms with Crippen LogP contribution in [0.3, 0.4) is 0 Å². The van der Waals surface area contributed by atoms with E-state index in [1.165, 1.54) is 25.0 Å². The Bertz CT molecular complexity index is 765. The lowest BCUT2D eigenvalue weighted by Gasteiger charge is -2.56. The van der Waals surface area contributed by atoms with Crippen LogP contribution in [0.25, 0.3) is 0 Å². The van der Waals surface area contributed by atoms with Gasteiger partial charge in [0.25, 0.3) is 0 Å². The molecular formula is C23H34N4O2. The molecular weight excluding hydrogens is 364 g/mol. The maximum Gasteiger partial charge on any atom is 0.321 e. The summed E-state index contributed by atoms with van der Waals surface area (Å²) in [4.78, 5) is 27.9. The Morgan fingerprint density at radius 2 is 1.79 bits per heavy atom. The molecule has 2 N–H and O–H groups in total. The lowest BCUT2D eigenvalue weighted by atomic mass is 9.53. The summed E-state index contributed by atoms with van der Waals surface area (Å²) in [6.45, 7) is 2.82. The zero-order valence-corrected chi connectivity index (χ0v) is 17.7. The quantitative estimate of drug-likeness (QED) is 0.817. The van der Waals surface area contributed by atoms with Crippen LogP contribution in [0.5, 0.6) is 0 Å². The third-order valence-corrected chi connectivity index (χ3v) is 8.15. The Morgan fingerprint density at radius 3 is 2.38 bits per heavy atom. The zero-order valence-electron chi connectivity index (χ0n) is 17.7. The van der Waals surface area contributed by atoms with Gasteiger partial charge in [-0.15, -0.1) is 0 Å². The summed E-state index contributed by atoms with van der Waals surface area (Å²) in [5.41, 5.74) is 1.17. The van der Waals surface area contributed by atoms with Gasteiger partial charge in [-0.2, -0.15) is 0 Å². The lowest BCUT2D eigenvalue weighted by molar-refractivity contribution is -0.125. The molecule has 1 aliphatic heterocycles. The monoisotopic (exact) mass is 398 g/mol. The fraction of sp³-hybridized carbons (Fsp3) is 0.739. The van der Waals surface area contributed by atoms with Gasteiger partial charge in [-0.25, -0.2) is 4.79 Å². The highest BCUT2D eigenvalue weighted by Gasteiger charge is 2.51. The van der Waals surface area contributed by atoms with Crippen molar-refractivity contribution in [3.05, 3.63) is 24.0 Å². The van der Waals surface area contributed by atoms with Crippen molar-refractivity contribution in [1.82, 2.24) is 20.1 Å². The molecule has 6 rings (SSSR count). The van der Waals surface area contributed by atoms with Gasteiger partial charge in [0.15, 0.2) is 0 Å². The number of likely N-dealkylation sites (tertiary alicyclic amines) is 1. The van der Waals surface area contributed by atoms with Gasteiger partial charge in [-0.1, -0.05) is 0 Å². The number of aromatic nitrogens is 1. The van der Waals surface area contributed by atoms with Gasteiger partial charge in [0, 0.05) is 24.5 Å². The molecule has 158 valence electrons. The summed E-state index contributed by atoms with van der Waals surface area (Å²) >= 11 is 0. The molecule has 1 aromatic rings. The topological polar surface area (TPSA) is 66.4 Å². The molecule has 0 unspecified atom stereocenters. The van der Waals surface area contributed by atoms with Gasteiger partial charge in [0.1, 0.15) is 0 Å². The van der Waals surface area contributed by atoms with Crippen molar-refractivity contribution >= 4 is 11.9 Å². The normalized spacial score (nSPS) is 36.9. The number of imide groups is 1. The molecule has 4 aliphatic carbocycles. The molecule has 0 radical (unpaired) electrons. The van der Waals surface area contributed by atoms with E-state index >= 15 is 0 Å². The van der Waals surface area contributed by atoms with Crippen LogP contribution in [0, 0.1) is 17.8 Å². The molecule has 3 amide bonds. The van der Waals surface area contributed by atoms with Gasteiger partial charge >= 0.3 is 6.03 Å². The summed E-state index contributed by atoms with van der Waals surface area (Å²) in [6.07, 6.45) is 11.5.